The van der Waals surface area contributed by atoms with Crippen LogP contribution in [0.15, 0.2) is 34.8 Å². The van der Waals surface area contributed by atoms with Crippen molar-refractivity contribution < 1.29 is 9.84 Å². The fraction of sp³-hybridized carbons (Fsp3) is 0.143. The molecule has 0 saturated heterocycles. The van der Waals surface area contributed by atoms with Crippen LogP contribution in [0.4, 0.5) is 5.69 Å². The molecule has 106 valence electrons. The average Bonchev–Trinajstić information content (AvgIpc) is 2.41. The van der Waals surface area contributed by atoms with E-state index in [2.05, 4.69) is 43.8 Å². The van der Waals surface area contributed by atoms with Crippen LogP contribution in [-0.4, -0.2) is 12.2 Å². The van der Waals surface area contributed by atoms with Gasteiger partial charge in [0, 0.05) is 20.8 Å². The number of benzene rings is 2. The highest BCUT2D eigenvalue weighted by molar-refractivity contribution is 14.1. The number of hydrogen-bond donors (Lipinski definition) is 2. The van der Waals surface area contributed by atoms with Crippen LogP contribution in [0, 0.1) is 3.57 Å². The lowest BCUT2D eigenvalue weighted by molar-refractivity contribution is 0.371. The zero-order valence-corrected chi connectivity index (χ0v) is 15.1. The second kappa shape index (κ2) is 6.87. The SMILES string of the molecule is COc1cc(CNc2ccc(Cl)cc2I)cc(Br)c1O. The third kappa shape index (κ3) is 3.71. The van der Waals surface area contributed by atoms with E-state index in [1.54, 1.807) is 6.07 Å². The lowest BCUT2D eigenvalue weighted by Gasteiger charge is -2.12. The topological polar surface area (TPSA) is 41.5 Å². The van der Waals surface area contributed by atoms with Crippen LogP contribution in [0.25, 0.3) is 0 Å². The van der Waals surface area contributed by atoms with Gasteiger partial charge in [0.25, 0.3) is 0 Å². The van der Waals surface area contributed by atoms with Crippen molar-refractivity contribution >= 4 is 55.8 Å². The Labute approximate surface area is 144 Å². The molecule has 0 aliphatic heterocycles. The van der Waals surface area contributed by atoms with Crippen molar-refractivity contribution in [2.45, 2.75) is 6.54 Å². The second-order valence-corrected chi connectivity index (χ2v) is 6.56. The maximum absolute atomic E-state index is 9.77. The van der Waals surface area contributed by atoms with Crippen molar-refractivity contribution in [3.63, 3.8) is 0 Å². The van der Waals surface area contributed by atoms with Gasteiger partial charge < -0.3 is 15.2 Å². The van der Waals surface area contributed by atoms with Gasteiger partial charge >= 0.3 is 0 Å². The first-order chi connectivity index (χ1) is 9.51. The third-order valence-electron chi connectivity index (χ3n) is 2.72. The van der Waals surface area contributed by atoms with E-state index < -0.39 is 0 Å². The van der Waals surface area contributed by atoms with Gasteiger partial charge in [-0.2, -0.15) is 0 Å². The van der Waals surface area contributed by atoms with Crippen LogP contribution in [0.3, 0.4) is 0 Å². The van der Waals surface area contributed by atoms with Crippen LogP contribution >= 0.6 is 50.1 Å². The predicted octanol–water partition coefficient (Wildman–Crippen LogP) is 5.03. The van der Waals surface area contributed by atoms with Crippen LogP contribution < -0.4 is 10.1 Å². The first-order valence-electron chi connectivity index (χ1n) is 5.75. The summed E-state index contributed by atoms with van der Waals surface area (Å²) in [5, 5.41) is 13.8. The van der Waals surface area contributed by atoms with Gasteiger partial charge in [0.2, 0.25) is 0 Å². The van der Waals surface area contributed by atoms with E-state index >= 15 is 0 Å². The van der Waals surface area contributed by atoms with E-state index in [4.69, 9.17) is 16.3 Å². The molecule has 20 heavy (non-hydrogen) atoms. The molecule has 0 amide bonds. The quantitative estimate of drug-likeness (QED) is 0.619. The zero-order chi connectivity index (χ0) is 14.7. The number of anilines is 1. The van der Waals surface area contributed by atoms with Gasteiger partial charge in [-0.15, -0.1) is 0 Å². The first-order valence-corrected chi connectivity index (χ1v) is 8.00. The number of rotatable bonds is 4. The number of hydrogen-bond acceptors (Lipinski definition) is 3. The Kier molecular flexibility index (Phi) is 5.40. The van der Waals surface area contributed by atoms with Gasteiger partial charge in [-0.3, -0.25) is 0 Å². The van der Waals surface area contributed by atoms with Crippen molar-refractivity contribution in [3.05, 3.63) is 49.0 Å². The molecule has 0 saturated carbocycles. The predicted molar refractivity (Wildman–Crippen MR) is 93.9 cm³/mol. The fourth-order valence-electron chi connectivity index (χ4n) is 1.72. The van der Waals surface area contributed by atoms with Crippen molar-refractivity contribution in [2.24, 2.45) is 0 Å². The molecule has 0 radical (unpaired) electrons. The normalized spacial score (nSPS) is 10.4. The van der Waals surface area contributed by atoms with Gasteiger partial charge in [0.05, 0.1) is 11.6 Å². The number of ether oxygens (including phenoxy) is 1. The Morgan fingerprint density at radius 1 is 1.35 bits per heavy atom. The lowest BCUT2D eigenvalue weighted by atomic mass is 10.2. The number of phenols is 1. The molecule has 2 N–H and O–H groups in total. The summed E-state index contributed by atoms with van der Waals surface area (Å²) in [6, 6.07) is 9.34. The summed E-state index contributed by atoms with van der Waals surface area (Å²) in [5.74, 6) is 0.555. The zero-order valence-electron chi connectivity index (χ0n) is 10.6. The highest BCUT2D eigenvalue weighted by atomic mass is 127. The van der Waals surface area contributed by atoms with Crippen LogP contribution in [0.5, 0.6) is 11.5 Å². The minimum Gasteiger partial charge on any atom is -0.503 e. The van der Waals surface area contributed by atoms with Crippen molar-refractivity contribution in [1.29, 1.82) is 0 Å². The Morgan fingerprint density at radius 2 is 2.10 bits per heavy atom. The van der Waals surface area contributed by atoms with Gasteiger partial charge in [-0.25, -0.2) is 0 Å². The van der Waals surface area contributed by atoms with E-state index in [0.29, 0.717) is 21.8 Å². The van der Waals surface area contributed by atoms with Gasteiger partial charge in [0.1, 0.15) is 0 Å². The summed E-state index contributed by atoms with van der Waals surface area (Å²) in [7, 11) is 1.53. The molecular weight excluding hydrogens is 456 g/mol. The van der Waals surface area contributed by atoms with E-state index in [0.717, 1.165) is 14.8 Å². The molecule has 2 aromatic rings. The molecule has 6 heteroatoms. The molecule has 2 rings (SSSR count). The molecule has 0 aliphatic carbocycles. The molecule has 0 spiro atoms. The fourth-order valence-corrected chi connectivity index (χ4v) is 3.27. The molecule has 3 nitrogen and oxygen atoms in total. The summed E-state index contributed by atoms with van der Waals surface area (Å²) >= 11 is 11.5. The van der Waals surface area contributed by atoms with E-state index in [1.165, 1.54) is 7.11 Å². The van der Waals surface area contributed by atoms with Gasteiger partial charge in [0.15, 0.2) is 11.5 Å². The van der Waals surface area contributed by atoms with Crippen molar-refractivity contribution in [2.75, 3.05) is 12.4 Å². The molecule has 0 unspecified atom stereocenters. The standard InChI is InChI=1S/C14H12BrClINO2/c1-20-13-5-8(4-10(15)14(13)19)7-18-12-3-2-9(16)6-11(12)17/h2-6,18-19H,7H2,1H3. The maximum atomic E-state index is 9.77. The Hall–Kier alpha value is -0.660. The molecule has 0 bridgehead atoms. The number of phenolic OH excluding ortho intramolecular Hbond substituents is 1. The molecule has 0 atom stereocenters. The summed E-state index contributed by atoms with van der Waals surface area (Å²) in [5.41, 5.74) is 2.01. The Morgan fingerprint density at radius 3 is 2.75 bits per heavy atom. The second-order valence-electron chi connectivity index (χ2n) is 4.11. The first kappa shape index (κ1) is 15.7. The monoisotopic (exact) mass is 467 g/mol. The summed E-state index contributed by atoms with van der Waals surface area (Å²) in [6.45, 7) is 0.618. The van der Waals surface area contributed by atoms with Gasteiger partial charge in [-0.1, -0.05) is 11.6 Å². The van der Waals surface area contributed by atoms with Gasteiger partial charge in [-0.05, 0) is 74.4 Å². The van der Waals surface area contributed by atoms with Crippen LogP contribution in [-0.2, 0) is 6.54 Å². The summed E-state index contributed by atoms with van der Waals surface area (Å²) in [6.07, 6.45) is 0. The highest BCUT2D eigenvalue weighted by Crippen LogP contribution is 2.35. The molecule has 0 fully saturated rings. The van der Waals surface area contributed by atoms with Crippen molar-refractivity contribution in [1.82, 2.24) is 0 Å². The number of aromatic hydroxyl groups is 1. The van der Waals surface area contributed by atoms with E-state index in [9.17, 15) is 5.11 Å². The Bertz CT molecular complexity index is 637. The third-order valence-corrected chi connectivity index (χ3v) is 4.45. The minimum atomic E-state index is 0.109. The average molecular weight is 469 g/mol. The smallest absolute Gasteiger partial charge is 0.172 e. The molecule has 2 aromatic carbocycles. The lowest BCUT2D eigenvalue weighted by Crippen LogP contribution is -2.01. The highest BCUT2D eigenvalue weighted by Gasteiger charge is 2.09. The van der Waals surface area contributed by atoms with Crippen LogP contribution in [0.2, 0.25) is 5.02 Å². The maximum Gasteiger partial charge on any atom is 0.172 e. The molecular formula is C14H12BrClINO2. The summed E-state index contributed by atoms with van der Waals surface area (Å²) in [4.78, 5) is 0. The largest absolute Gasteiger partial charge is 0.503 e. The number of nitrogens with one attached hydrogen (secondary N) is 1. The van der Waals surface area contributed by atoms with Crippen molar-refractivity contribution in [3.8, 4) is 11.5 Å². The molecule has 0 heterocycles. The molecule has 0 aromatic heterocycles. The number of methoxy groups -OCH3 is 1. The van der Waals surface area contributed by atoms with E-state index in [1.807, 2.05) is 24.3 Å². The number of halogens is 3. The minimum absolute atomic E-state index is 0.109. The van der Waals surface area contributed by atoms with E-state index in [-0.39, 0.29) is 5.75 Å². The Balaban J connectivity index is 2.16. The summed E-state index contributed by atoms with van der Waals surface area (Å²) < 4.78 is 6.80. The van der Waals surface area contributed by atoms with Crippen LogP contribution in [0.1, 0.15) is 5.56 Å². The molecule has 0 aliphatic rings.